The van der Waals surface area contributed by atoms with Crippen molar-refractivity contribution in [2.75, 3.05) is 7.11 Å². The fourth-order valence-electron chi connectivity index (χ4n) is 1.68. The fraction of sp³-hybridized carbons (Fsp3) is 0.0769. The van der Waals surface area contributed by atoms with Crippen molar-refractivity contribution in [3.63, 3.8) is 0 Å². The standard InChI is InChI=1S/C13H8Cl3NO2/c1-19-12-5-17-4-8(9(12)6-18)7-2-10(14)13(16)11(15)3-7/h2-6H,1H3. The molecule has 2 rings (SSSR count). The van der Waals surface area contributed by atoms with Gasteiger partial charge in [-0.15, -0.1) is 0 Å². The highest BCUT2D eigenvalue weighted by Crippen LogP contribution is 2.37. The highest BCUT2D eigenvalue weighted by molar-refractivity contribution is 6.48. The van der Waals surface area contributed by atoms with Crippen LogP contribution in [0.1, 0.15) is 10.4 Å². The van der Waals surface area contributed by atoms with E-state index in [1.54, 1.807) is 18.3 Å². The molecule has 1 heterocycles. The van der Waals surface area contributed by atoms with Crippen LogP contribution in [-0.4, -0.2) is 18.4 Å². The number of pyridine rings is 1. The maximum absolute atomic E-state index is 11.2. The predicted octanol–water partition coefficient (Wildman–Crippen LogP) is 4.53. The minimum Gasteiger partial charge on any atom is -0.494 e. The summed E-state index contributed by atoms with van der Waals surface area (Å²) in [5.74, 6) is 0.384. The van der Waals surface area contributed by atoms with Crippen LogP contribution in [0.4, 0.5) is 0 Å². The second kappa shape index (κ2) is 5.78. The Morgan fingerprint density at radius 3 is 2.32 bits per heavy atom. The summed E-state index contributed by atoms with van der Waals surface area (Å²) >= 11 is 17.9. The minimum absolute atomic E-state index is 0.274. The number of carbonyl (C=O) groups excluding carboxylic acids is 1. The number of ether oxygens (including phenoxy) is 1. The van der Waals surface area contributed by atoms with Crippen molar-refractivity contribution < 1.29 is 9.53 Å². The number of hydrogen-bond donors (Lipinski definition) is 0. The van der Waals surface area contributed by atoms with E-state index in [4.69, 9.17) is 39.5 Å². The van der Waals surface area contributed by atoms with E-state index in [1.807, 2.05) is 0 Å². The zero-order valence-electron chi connectivity index (χ0n) is 9.78. The Morgan fingerprint density at radius 1 is 1.16 bits per heavy atom. The topological polar surface area (TPSA) is 39.2 Å². The lowest BCUT2D eigenvalue weighted by atomic mass is 10.0. The first kappa shape index (κ1) is 14.1. The summed E-state index contributed by atoms with van der Waals surface area (Å²) < 4.78 is 5.10. The van der Waals surface area contributed by atoms with E-state index in [0.717, 1.165) is 0 Å². The number of methoxy groups -OCH3 is 1. The highest BCUT2D eigenvalue weighted by Gasteiger charge is 2.14. The van der Waals surface area contributed by atoms with Gasteiger partial charge in [0.1, 0.15) is 5.75 Å². The predicted molar refractivity (Wildman–Crippen MR) is 76.6 cm³/mol. The average molecular weight is 317 g/mol. The first-order chi connectivity index (χ1) is 9.08. The van der Waals surface area contributed by atoms with E-state index in [9.17, 15) is 4.79 Å². The van der Waals surface area contributed by atoms with Gasteiger partial charge in [-0.05, 0) is 17.7 Å². The molecule has 0 fully saturated rings. The summed E-state index contributed by atoms with van der Waals surface area (Å²) in [5, 5.41) is 0.892. The molecule has 0 spiro atoms. The number of nitrogens with zero attached hydrogens (tertiary/aromatic N) is 1. The molecule has 0 atom stereocenters. The average Bonchev–Trinajstić information content (AvgIpc) is 2.43. The Hall–Kier alpha value is -1.29. The molecule has 0 unspecified atom stereocenters. The molecule has 19 heavy (non-hydrogen) atoms. The maximum atomic E-state index is 11.2. The second-order valence-corrected chi connectivity index (χ2v) is 4.87. The van der Waals surface area contributed by atoms with Gasteiger partial charge in [-0.25, -0.2) is 0 Å². The summed E-state index contributed by atoms with van der Waals surface area (Å²) in [5.41, 5.74) is 1.61. The third-order valence-electron chi connectivity index (χ3n) is 2.58. The molecule has 98 valence electrons. The van der Waals surface area contributed by atoms with E-state index in [2.05, 4.69) is 4.98 Å². The van der Waals surface area contributed by atoms with E-state index < -0.39 is 0 Å². The number of aromatic nitrogens is 1. The van der Waals surface area contributed by atoms with Crippen LogP contribution >= 0.6 is 34.8 Å². The van der Waals surface area contributed by atoms with Crippen LogP contribution in [0.3, 0.4) is 0 Å². The van der Waals surface area contributed by atoms with Gasteiger partial charge in [-0.3, -0.25) is 9.78 Å². The van der Waals surface area contributed by atoms with Crippen molar-refractivity contribution in [2.45, 2.75) is 0 Å². The zero-order chi connectivity index (χ0) is 14.0. The van der Waals surface area contributed by atoms with E-state index in [0.29, 0.717) is 38.8 Å². The molecule has 1 aromatic heterocycles. The molecule has 0 saturated heterocycles. The summed E-state index contributed by atoms with van der Waals surface area (Å²) in [6.07, 6.45) is 3.71. The lowest BCUT2D eigenvalue weighted by molar-refractivity contribution is 0.112. The van der Waals surface area contributed by atoms with Gasteiger partial charge < -0.3 is 4.74 Å². The first-order valence-corrected chi connectivity index (χ1v) is 6.34. The maximum Gasteiger partial charge on any atom is 0.154 e. The molecular formula is C13H8Cl3NO2. The Labute approximate surface area is 125 Å². The Balaban J connectivity index is 2.68. The van der Waals surface area contributed by atoms with Crippen LogP contribution in [0.15, 0.2) is 24.5 Å². The zero-order valence-corrected chi connectivity index (χ0v) is 12.1. The van der Waals surface area contributed by atoms with Gasteiger partial charge in [0.15, 0.2) is 6.29 Å². The molecule has 1 aromatic carbocycles. The van der Waals surface area contributed by atoms with Gasteiger partial charge >= 0.3 is 0 Å². The molecule has 0 aliphatic rings. The van der Waals surface area contributed by atoms with Crippen LogP contribution < -0.4 is 4.74 Å². The number of benzene rings is 1. The molecule has 0 aliphatic heterocycles. The van der Waals surface area contributed by atoms with Gasteiger partial charge in [0.25, 0.3) is 0 Å². The number of halogens is 3. The Morgan fingerprint density at radius 2 is 1.79 bits per heavy atom. The SMILES string of the molecule is COc1cncc(-c2cc(Cl)c(Cl)c(Cl)c2)c1C=O. The van der Waals surface area contributed by atoms with Crippen LogP contribution in [0.5, 0.6) is 5.75 Å². The number of rotatable bonds is 3. The van der Waals surface area contributed by atoms with Gasteiger partial charge in [0, 0.05) is 11.8 Å². The lowest BCUT2D eigenvalue weighted by Gasteiger charge is -2.10. The summed E-state index contributed by atoms with van der Waals surface area (Å²) in [6.45, 7) is 0. The van der Waals surface area contributed by atoms with E-state index in [1.165, 1.54) is 13.3 Å². The third kappa shape index (κ3) is 2.68. The molecule has 2 aromatic rings. The number of hydrogen-bond acceptors (Lipinski definition) is 3. The minimum atomic E-state index is 0.274. The normalized spacial score (nSPS) is 10.3. The van der Waals surface area contributed by atoms with Crippen LogP contribution in [0.2, 0.25) is 15.1 Å². The van der Waals surface area contributed by atoms with Crippen molar-refractivity contribution in [3.05, 3.63) is 45.2 Å². The molecular weight excluding hydrogens is 309 g/mol. The summed E-state index contributed by atoms with van der Waals surface area (Å²) in [4.78, 5) is 15.2. The monoisotopic (exact) mass is 315 g/mol. The van der Waals surface area contributed by atoms with Crippen molar-refractivity contribution >= 4 is 41.1 Å². The smallest absolute Gasteiger partial charge is 0.154 e. The van der Waals surface area contributed by atoms with E-state index in [-0.39, 0.29) is 5.02 Å². The quantitative estimate of drug-likeness (QED) is 0.617. The van der Waals surface area contributed by atoms with Gasteiger partial charge in [0.05, 0.1) is 33.9 Å². The lowest BCUT2D eigenvalue weighted by Crippen LogP contribution is -1.95. The van der Waals surface area contributed by atoms with Gasteiger partial charge in [-0.2, -0.15) is 0 Å². The largest absolute Gasteiger partial charge is 0.494 e. The van der Waals surface area contributed by atoms with Crippen LogP contribution in [0.25, 0.3) is 11.1 Å². The molecule has 0 bridgehead atoms. The van der Waals surface area contributed by atoms with Gasteiger partial charge in [-0.1, -0.05) is 34.8 Å². The molecule has 0 amide bonds. The van der Waals surface area contributed by atoms with E-state index >= 15 is 0 Å². The van der Waals surface area contributed by atoms with Crippen LogP contribution in [-0.2, 0) is 0 Å². The number of carbonyl (C=O) groups is 1. The van der Waals surface area contributed by atoms with Crippen molar-refractivity contribution in [2.24, 2.45) is 0 Å². The number of aldehydes is 1. The molecule has 6 heteroatoms. The molecule has 3 nitrogen and oxygen atoms in total. The van der Waals surface area contributed by atoms with Crippen molar-refractivity contribution in [1.82, 2.24) is 4.98 Å². The first-order valence-electron chi connectivity index (χ1n) is 5.20. The Kier molecular flexibility index (Phi) is 4.30. The van der Waals surface area contributed by atoms with Gasteiger partial charge in [0.2, 0.25) is 0 Å². The highest BCUT2D eigenvalue weighted by atomic mass is 35.5. The summed E-state index contributed by atoms with van der Waals surface area (Å²) in [6, 6.07) is 3.25. The van der Waals surface area contributed by atoms with Crippen molar-refractivity contribution in [3.8, 4) is 16.9 Å². The second-order valence-electron chi connectivity index (χ2n) is 3.67. The molecule has 0 saturated carbocycles. The summed E-state index contributed by atoms with van der Waals surface area (Å²) in [7, 11) is 1.47. The molecule has 0 aliphatic carbocycles. The third-order valence-corrected chi connectivity index (χ3v) is 3.78. The molecule has 0 N–H and O–H groups in total. The van der Waals surface area contributed by atoms with Crippen LogP contribution in [0, 0.1) is 0 Å². The molecule has 0 radical (unpaired) electrons. The van der Waals surface area contributed by atoms with Crippen molar-refractivity contribution in [1.29, 1.82) is 0 Å². The Bertz CT molecular complexity index is 621. The fourth-order valence-corrected chi connectivity index (χ4v) is 2.27.